The van der Waals surface area contributed by atoms with Gasteiger partial charge < -0.3 is 15.2 Å². The fourth-order valence-electron chi connectivity index (χ4n) is 0.990. The summed E-state index contributed by atoms with van der Waals surface area (Å²) in [5.41, 5.74) is 1.25. The molecule has 0 heterocycles. The molecule has 1 rings (SSSR count). The van der Waals surface area contributed by atoms with E-state index in [4.69, 9.17) is 5.11 Å². The van der Waals surface area contributed by atoms with Gasteiger partial charge in [0.15, 0.2) is 0 Å². The molecule has 3 heteroatoms. The number of benzene rings is 1. The molecule has 0 aliphatic heterocycles. The molecule has 0 amide bonds. The van der Waals surface area contributed by atoms with E-state index in [-0.39, 0.29) is 14.0 Å². The summed E-state index contributed by atoms with van der Waals surface area (Å²) < 4.78 is 0. The molecule has 0 fully saturated rings. The molecule has 2 N–H and O–H groups in total. The molecule has 0 radical (unpaired) electrons. The summed E-state index contributed by atoms with van der Waals surface area (Å²) >= 11 is 0. The highest BCUT2D eigenvalue weighted by atomic mass is 16.2. The molecule has 0 saturated heterocycles. The molecule has 1 aromatic carbocycles. The van der Waals surface area contributed by atoms with Crippen molar-refractivity contribution in [1.29, 1.82) is 0 Å². The highest BCUT2D eigenvalue weighted by Gasteiger charge is 1.88. The van der Waals surface area contributed by atoms with Crippen LogP contribution in [0.1, 0.15) is 40.2 Å². The van der Waals surface area contributed by atoms with Gasteiger partial charge in [-0.3, -0.25) is 0 Å². The van der Waals surface area contributed by atoms with Crippen molar-refractivity contribution >= 4 is 6.29 Å². The van der Waals surface area contributed by atoms with Crippen LogP contribution in [0.3, 0.4) is 0 Å². The van der Waals surface area contributed by atoms with Crippen molar-refractivity contribution in [2.24, 2.45) is 0 Å². The van der Waals surface area contributed by atoms with Gasteiger partial charge in [0.05, 0.1) is 0 Å². The molecule has 3 nitrogen and oxygen atoms in total. The second-order valence-electron chi connectivity index (χ2n) is 2.93. The van der Waals surface area contributed by atoms with Crippen molar-refractivity contribution < 1.29 is 9.90 Å². The van der Waals surface area contributed by atoms with Crippen LogP contribution in [0.15, 0.2) is 30.3 Å². The van der Waals surface area contributed by atoms with Crippen LogP contribution < -0.4 is 5.32 Å². The van der Waals surface area contributed by atoms with Crippen molar-refractivity contribution in [3.05, 3.63) is 35.9 Å². The Bertz CT molecular complexity index is 238. The molecule has 0 saturated carbocycles. The Kier molecular flexibility index (Phi) is 25.9. The minimum absolute atomic E-state index is 0. The summed E-state index contributed by atoms with van der Waals surface area (Å²) in [4.78, 5) is 9.98. The zero-order valence-electron chi connectivity index (χ0n) is 11.1. The predicted octanol–water partition coefficient (Wildman–Crippen LogP) is 3.03. The Morgan fingerprint density at radius 3 is 2.17 bits per heavy atom. The van der Waals surface area contributed by atoms with E-state index in [2.05, 4.69) is 17.4 Å². The molecule has 0 unspecified atom stereocenters. The Balaban J connectivity index is -0.000000329. The van der Waals surface area contributed by atoms with E-state index in [0.29, 0.717) is 6.42 Å². The summed E-state index contributed by atoms with van der Waals surface area (Å²) in [5.74, 6) is 0. The van der Waals surface area contributed by atoms with Gasteiger partial charge in [-0.15, -0.1) is 0 Å². The van der Waals surface area contributed by atoms with Crippen LogP contribution in [0.4, 0.5) is 0 Å². The summed E-state index contributed by atoms with van der Waals surface area (Å²) in [6.07, 6.45) is 1.52. The van der Waals surface area contributed by atoms with Gasteiger partial charge in [0.2, 0.25) is 0 Å². The predicted molar refractivity (Wildman–Crippen MR) is 79.7 cm³/mol. The SMILES string of the molecule is C.CC.CCO.O=CCCNCc1ccccc1. The van der Waals surface area contributed by atoms with Crippen molar-refractivity contribution in [3.63, 3.8) is 0 Å². The average Bonchev–Trinajstić information content (AvgIpc) is 2.39. The Morgan fingerprint density at radius 2 is 1.72 bits per heavy atom. The summed E-state index contributed by atoms with van der Waals surface area (Å²) in [7, 11) is 0. The molecule has 0 aromatic heterocycles. The van der Waals surface area contributed by atoms with Crippen LogP contribution in [0.2, 0.25) is 0 Å². The number of nitrogens with one attached hydrogen (secondary N) is 1. The maximum absolute atomic E-state index is 9.98. The number of aliphatic hydroxyl groups excluding tert-OH is 1. The average molecular weight is 255 g/mol. The lowest BCUT2D eigenvalue weighted by Gasteiger charge is -2.01. The number of carbonyl (C=O) groups is 1. The van der Waals surface area contributed by atoms with Crippen LogP contribution in [0.25, 0.3) is 0 Å². The molecule has 18 heavy (non-hydrogen) atoms. The van der Waals surface area contributed by atoms with Gasteiger partial charge in [-0.25, -0.2) is 0 Å². The number of aldehydes is 1. The zero-order chi connectivity index (χ0) is 13.4. The van der Waals surface area contributed by atoms with E-state index in [1.165, 1.54) is 5.56 Å². The van der Waals surface area contributed by atoms with Crippen molar-refractivity contribution in [2.45, 2.75) is 41.2 Å². The topological polar surface area (TPSA) is 49.3 Å². The first-order valence-electron chi connectivity index (χ1n) is 6.14. The molecular weight excluding hydrogens is 226 g/mol. The first kappa shape index (κ1) is 22.0. The van der Waals surface area contributed by atoms with Gasteiger partial charge in [0.25, 0.3) is 0 Å². The van der Waals surface area contributed by atoms with Gasteiger partial charge in [0, 0.05) is 26.1 Å². The zero-order valence-corrected chi connectivity index (χ0v) is 11.1. The normalized spacial score (nSPS) is 7.78. The molecule has 0 aliphatic carbocycles. The molecule has 106 valence electrons. The van der Waals surface area contributed by atoms with E-state index >= 15 is 0 Å². The first-order valence-corrected chi connectivity index (χ1v) is 6.14. The van der Waals surface area contributed by atoms with Crippen LogP contribution in [-0.2, 0) is 11.3 Å². The van der Waals surface area contributed by atoms with E-state index in [0.717, 1.165) is 19.4 Å². The van der Waals surface area contributed by atoms with E-state index in [9.17, 15) is 4.79 Å². The van der Waals surface area contributed by atoms with Gasteiger partial charge in [0.1, 0.15) is 6.29 Å². The summed E-state index contributed by atoms with van der Waals surface area (Å²) in [6, 6.07) is 10.1. The Labute approximate surface area is 112 Å². The molecular formula is C15H29NO2. The lowest BCUT2D eigenvalue weighted by molar-refractivity contribution is -0.107. The highest BCUT2D eigenvalue weighted by Crippen LogP contribution is 1.96. The number of hydrogen-bond acceptors (Lipinski definition) is 3. The standard InChI is InChI=1S/C10H13NO.C2H6O.C2H6.CH4/c12-8-4-7-11-9-10-5-2-1-3-6-10;1-2-3;1-2;/h1-3,5-6,8,11H,4,7,9H2;3H,2H2,1H3;1-2H3;1H4. The minimum atomic E-state index is 0. The van der Waals surface area contributed by atoms with Crippen LogP contribution >= 0.6 is 0 Å². The quantitative estimate of drug-likeness (QED) is 0.628. The molecule has 0 spiro atoms. The second kappa shape index (κ2) is 21.1. The van der Waals surface area contributed by atoms with E-state index in [1.807, 2.05) is 32.0 Å². The third-order valence-electron chi connectivity index (χ3n) is 1.61. The fourth-order valence-corrected chi connectivity index (χ4v) is 0.990. The fraction of sp³-hybridized carbons (Fsp3) is 0.533. The number of carbonyl (C=O) groups excluding carboxylic acids is 1. The minimum Gasteiger partial charge on any atom is -0.397 e. The smallest absolute Gasteiger partial charge is 0.121 e. The summed E-state index contributed by atoms with van der Waals surface area (Å²) in [6.45, 7) is 7.53. The number of hydrogen-bond donors (Lipinski definition) is 2. The number of rotatable bonds is 5. The van der Waals surface area contributed by atoms with Crippen LogP contribution in [0, 0.1) is 0 Å². The van der Waals surface area contributed by atoms with Crippen molar-refractivity contribution in [2.75, 3.05) is 13.2 Å². The largest absolute Gasteiger partial charge is 0.397 e. The molecule has 0 aliphatic rings. The maximum atomic E-state index is 9.98. The van der Waals surface area contributed by atoms with Gasteiger partial charge >= 0.3 is 0 Å². The third kappa shape index (κ3) is 17.2. The molecule has 1 aromatic rings. The van der Waals surface area contributed by atoms with Crippen LogP contribution in [-0.4, -0.2) is 24.5 Å². The Hall–Kier alpha value is -1.19. The number of aliphatic hydroxyl groups is 1. The van der Waals surface area contributed by atoms with Gasteiger partial charge in [-0.2, -0.15) is 0 Å². The summed E-state index contributed by atoms with van der Waals surface area (Å²) in [5, 5.41) is 10.7. The van der Waals surface area contributed by atoms with Crippen molar-refractivity contribution in [1.82, 2.24) is 5.32 Å². The lowest BCUT2D eigenvalue weighted by Crippen LogP contribution is -2.14. The second-order valence-corrected chi connectivity index (χ2v) is 2.93. The monoisotopic (exact) mass is 255 g/mol. The van der Waals surface area contributed by atoms with Gasteiger partial charge in [-0.1, -0.05) is 51.6 Å². The highest BCUT2D eigenvalue weighted by molar-refractivity contribution is 5.49. The maximum Gasteiger partial charge on any atom is 0.121 e. The lowest BCUT2D eigenvalue weighted by atomic mass is 10.2. The molecule has 0 bridgehead atoms. The van der Waals surface area contributed by atoms with Gasteiger partial charge in [-0.05, 0) is 12.5 Å². The van der Waals surface area contributed by atoms with E-state index in [1.54, 1.807) is 6.92 Å². The van der Waals surface area contributed by atoms with E-state index < -0.39 is 0 Å². The van der Waals surface area contributed by atoms with Crippen LogP contribution in [0.5, 0.6) is 0 Å². The van der Waals surface area contributed by atoms with Crippen molar-refractivity contribution in [3.8, 4) is 0 Å². The Morgan fingerprint density at radius 1 is 1.22 bits per heavy atom. The third-order valence-corrected chi connectivity index (χ3v) is 1.61. The first-order chi connectivity index (χ1) is 8.35. The molecule has 0 atom stereocenters.